The molecule has 2 N–H and O–H groups in total. The number of allylic oxidation sites excluding steroid dienone is 7. The first-order valence-corrected chi connectivity index (χ1v) is 22.0. The second kappa shape index (κ2) is 23.2. The number of rotatable bonds is 10. The number of para-hydroxylation sites is 1. The summed E-state index contributed by atoms with van der Waals surface area (Å²) in [6.45, 7) is 13.4. The molecule has 0 bridgehead atoms. The molecular weight excluding hydrogens is 979 g/mol. The Morgan fingerprint density at radius 2 is 1.30 bits per heavy atom. The van der Waals surface area contributed by atoms with E-state index in [1.807, 2.05) is 0 Å². The summed E-state index contributed by atoms with van der Waals surface area (Å²) >= 11 is 12.6. The fourth-order valence-corrected chi connectivity index (χ4v) is 7.96. The number of nitro groups is 2. The van der Waals surface area contributed by atoms with E-state index in [2.05, 4.69) is 136 Å². The summed E-state index contributed by atoms with van der Waals surface area (Å²) in [5.41, 5.74) is 8.08. The van der Waals surface area contributed by atoms with Crippen LogP contribution < -0.4 is 24.5 Å². The van der Waals surface area contributed by atoms with Gasteiger partial charge in [-0.15, -0.1) is 0 Å². The normalized spacial score (nSPS) is 18.4. The Kier molecular flexibility index (Phi) is 18.4. The third kappa shape index (κ3) is 12.5. The van der Waals surface area contributed by atoms with Crippen LogP contribution in [-0.4, -0.2) is 73.5 Å². The fourth-order valence-electron chi connectivity index (χ4n) is 6.53. The van der Waals surface area contributed by atoms with Gasteiger partial charge in [0.25, 0.3) is 0 Å². The van der Waals surface area contributed by atoms with Crippen molar-refractivity contribution in [2.75, 3.05) is 25.0 Å². The van der Waals surface area contributed by atoms with Crippen molar-refractivity contribution in [1.82, 2.24) is 9.97 Å². The first-order chi connectivity index (χ1) is 30.9. The molecule has 0 saturated carbocycles. The molecular formula is C43H41Cl2CoN10O8S2-. The number of carbonyl (C=O) groups excluding carboxylic acids is 2. The predicted octanol–water partition coefficient (Wildman–Crippen LogP) is 7.98. The summed E-state index contributed by atoms with van der Waals surface area (Å²) in [6, 6.07) is 15.6. The smallest absolute Gasteiger partial charge is 0.319 e. The molecule has 4 aromatic rings. The van der Waals surface area contributed by atoms with Crippen LogP contribution in [0, 0.1) is 27.2 Å². The van der Waals surface area contributed by atoms with Crippen LogP contribution in [0.2, 0.25) is 0 Å². The molecule has 1 aliphatic heterocycles. The van der Waals surface area contributed by atoms with E-state index < -0.39 is 21.4 Å². The van der Waals surface area contributed by atoms with Gasteiger partial charge in [0.05, 0.1) is 25.3 Å². The predicted molar refractivity (Wildman–Crippen MR) is 253 cm³/mol. The van der Waals surface area contributed by atoms with Crippen molar-refractivity contribution in [1.29, 1.82) is 0 Å². The van der Waals surface area contributed by atoms with Gasteiger partial charge in [-0.3, -0.25) is 40.0 Å². The van der Waals surface area contributed by atoms with Crippen molar-refractivity contribution in [2.24, 2.45) is 20.4 Å². The number of carbonyl (C=O) groups is 2. The molecule has 3 aliphatic rings. The van der Waals surface area contributed by atoms with Crippen LogP contribution in [0.3, 0.4) is 0 Å². The third-order valence-electron chi connectivity index (χ3n) is 10.2. The average molecular weight is 1020 g/mol. The van der Waals surface area contributed by atoms with Gasteiger partial charge >= 0.3 is 10.0 Å². The minimum Gasteiger partial charge on any atom is -0.506 e. The number of aliphatic hydroxyl groups excluding tert-OH is 2. The van der Waals surface area contributed by atoms with Crippen LogP contribution >= 0.6 is 45.9 Å². The number of ketones is 2. The van der Waals surface area contributed by atoms with Crippen molar-refractivity contribution in [2.45, 2.75) is 46.5 Å². The Hall–Kier alpha value is -6.36. The topological polar surface area (TPSA) is 245 Å². The van der Waals surface area contributed by atoms with Crippen molar-refractivity contribution in [3.05, 3.63) is 153 Å². The van der Waals surface area contributed by atoms with Gasteiger partial charge in [0.1, 0.15) is 30.0 Å². The first-order valence-electron chi connectivity index (χ1n) is 19.6. The largest absolute Gasteiger partial charge is 0.506 e. The minimum absolute atomic E-state index is 0. The average Bonchev–Trinajstić information content (AvgIpc) is 4.02. The van der Waals surface area contributed by atoms with E-state index in [9.17, 15) is 40.0 Å². The summed E-state index contributed by atoms with van der Waals surface area (Å²) in [7, 11) is 2.19. The van der Waals surface area contributed by atoms with E-state index in [0.717, 1.165) is 78.9 Å². The summed E-state index contributed by atoms with van der Waals surface area (Å²) in [6.07, 6.45) is 11.9. The Balaban J connectivity index is 0.000000220. The number of aliphatic hydroxyl groups is 2. The Morgan fingerprint density at radius 3 is 1.74 bits per heavy atom. The molecule has 1 atom stereocenters. The molecule has 66 heavy (non-hydrogen) atoms. The maximum Gasteiger partial charge on any atom is 0.319 e. The zero-order valence-electron chi connectivity index (χ0n) is 36.0. The number of aromatic nitrogens is 2. The molecule has 2 aliphatic carbocycles. The minimum atomic E-state index is -0.600. The molecule has 3 heterocycles. The third-order valence-corrected chi connectivity index (χ3v) is 12.4. The SMILES string of the molecule is CCN(CC)c1ccc(/C=C/C2=[N+](C)c3ccccc3C2(C)CC)c(C)c1.O=C1C=C(O)C(=NN=c2[n-]cc([N+](=O)[O-])s2)C=C1Cl.O=C1C=C(O)C(=NN=c2[n-]cc([N+](=O)[O-])s2)C=C1Cl.[Co]. The van der Waals surface area contributed by atoms with Crippen LogP contribution in [0.1, 0.15) is 50.8 Å². The van der Waals surface area contributed by atoms with Gasteiger partial charge in [-0.05, 0) is 75.6 Å². The molecule has 0 spiro atoms. The number of hydrogen-bond acceptors (Lipinski definition) is 15. The summed E-state index contributed by atoms with van der Waals surface area (Å²) in [5, 5.41) is 53.7. The van der Waals surface area contributed by atoms with Gasteiger partial charge in [-0.2, -0.15) is 4.58 Å². The molecule has 2 aromatic heterocycles. The monoisotopic (exact) mass is 1020 g/mol. The molecule has 1 unspecified atom stereocenters. The van der Waals surface area contributed by atoms with Crippen LogP contribution in [0.5, 0.6) is 0 Å². The fraction of sp³-hybridized carbons (Fsp3) is 0.233. The summed E-state index contributed by atoms with van der Waals surface area (Å²) in [5.74, 6) is -1.85. The van der Waals surface area contributed by atoms with Crippen LogP contribution in [0.4, 0.5) is 21.4 Å². The number of anilines is 1. The second-order valence-electron chi connectivity index (χ2n) is 14.1. The second-order valence-corrected chi connectivity index (χ2v) is 16.9. The number of thiazole rings is 2. The number of halogens is 2. The van der Waals surface area contributed by atoms with Gasteiger partial charge in [-0.1, -0.05) is 77.1 Å². The molecule has 0 fully saturated rings. The van der Waals surface area contributed by atoms with Crippen LogP contribution in [0.15, 0.2) is 127 Å². The van der Waals surface area contributed by atoms with Crippen molar-refractivity contribution >= 4 is 102 Å². The molecule has 0 saturated heterocycles. The maximum atomic E-state index is 11.1. The molecule has 2 aromatic carbocycles. The molecule has 23 heteroatoms. The van der Waals surface area contributed by atoms with Crippen molar-refractivity contribution in [3.8, 4) is 0 Å². The van der Waals surface area contributed by atoms with E-state index in [1.54, 1.807) is 0 Å². The van der Waals surface area contributed by atoms with Gasteiger partial charge in [0, 0.05) is 87.4 Å². The van der Waals surface area contributed by atoms with E-state index >= 15 is 0 Å². The maximum absolute atomic E-state index is 11.1. The first kappa shape index (κ1) is 52.3. The summed E-state index contributed by atoms with van der Waals surface area (Å²) in [4.78, 5) is 51.7. The number of fused-ring (bicyclic) bond motifs is 1. The van der Waals surface area contributed by atoms with E-state index in [4.69, 9.17) is 23.2 Å². The Morgan fingerprint density at radius 1 is 0.803 bits per heavy atom. The zero-order chi connectivity index (χ0) is 47.6. The molecule has 7 rings (SSSR count). The number of nitrogens with zero attached hydrogens (tertiary/aromatic N) is 10. The van der Waals surface area contributed by atoms with E-state index in [-0.39, 0.29) is 74.8 Å². The zero-order valence-corrected chi connectivity index (χ0v) is 40.2. The molecule has 347 valence electrons. The number of benzene rings is 2. The summed E-state index contributed by atoms with van der Waals surface area (Å²) < 4.78 is 2.36. The number of hydrogen-bond donors (Lipinski definition) is 2. The molecule has 0 amide bonds. The molecule has 18 nitrogen and oxygen atoms in total. The van der Waals surface area contributed by atoms with E-state index in [1.165, 1.54) is 33.8 Å². The van der Waals surface area contributed by atoms with Crippen molar-refractivity contribution in [3.63, 3.8) is 0 Å². The van der Waals surface area contributed by atoms with Gasteiger partial charge < -0.3 is 35.3 Å². The standard InChI is InChI=1S/C25H33N2.2C9H5ClN4O4S.Co/c1-7-25(5)22-12-10-11-13-23(22)26(6)24(25)17-15-20-14-16-21(18-19(20)4)27(8-2)9-3;2*10-4-1-5(7(16)2-6(4)15)12-13-9-11-3-8(19-9)14(17)18;/h10-18H,7-9H2,1-6H3;2*1-3H,(H2,11,13,15,16);/q+1;;;/p-2. The van der Waals surface area contributed by atoms with Gasteiger partial charge in [-0.25, -0.2) is 0 Å². The Labute approximate surface area is 406 Å². The van der Waals surface area contributed by atoms with E-state index in [0.29, 0.717) is 0 Å². The molecule has 1 radical (unpaired) electrons. The number of aryl methyl sites for hydroxylation is 1. The van der Waals surface area contributed by atoms with Crippen molar-refractivity contribution < 1.29 is 51.0 Å². The quantitative estimate of drug-likeness (QED) is 0.0667. The van der Waals surface area contributed by atoms with Gasteiger partial charge in [0.2, 0.25) is 17.3 Å². The van der Waals surface area contributed by atoms with Gasteiger partial charge in [0.15, 0.2) is 5.71 Å². The van der Waals surface area contributed by atoms with Crippen LogP contribution in [0.25, 0.3) is 6.08 Å². The Bertz CT molecular complexity index is 2830. The van der Waals surface area contributed by atoms with Crippen LogP contribution in [-0.2, 0) is 31.8 Å².